The highest BCUT2D eigenvalue weighted by atomic mass is 16.3. The van der Waals surface area contributed by atoms with E-state index in [-0.39, 0.29) is 30.1 Å². The van der Waals surface area contributed by atoms with Gasteiger partial charge < -0.3 is 26.0 Å². The second-order valence-electron chi connectivity index (χ2n) is 6.92. The molecule has 2 aromatic carbocycles. The molecule has 7 nitrogen and oxygen atoms in total. The Balaban J connectivity index is 1.76. The van der Waals surface area contributed by atoms with E-state index in [1.54, 1.807) is 42.5 Å². The summed E-state index contributed by atoms with van der Waals surface area (Å²) in [5.74, 6) is 1.05. The van der Waals surface area contributed by atoms with Crippen LogP contribution in [-0.4, -0.2) is 44.5 Å². The first-order valence-corrected chi connectivity index (χ1v) is 9.20. The van der Waals surface area contributed by atoms with Gasteiger partial charge in [-0.05, 0) is 48.2 Å². The van der Waals surface area contributed by atoms with Gasteiger partial charge in [0.1, 0.15) is 17.3 Å². The summed E-state index contributed by atoms with van der Waals surface area (Å²) in [5, 5.41) is 29.5. The van der Waals surface area contributed by atoms with Crippen LogP contribution < -0.4 is 10.6 Å². The lowest BCUT2D eigenvalue weighted by atomic mass is 10.0. The van der Waals surface area contributed by atoms with E-state index >= 15 is 0 Å². The predicted molar refractivity (Wildman–Crippen MR) is 108 cm³/mol. The molecule has 0 radical (unpaired) electrons. The summed E-state index contributed by atoms with van der Waals surface area (Å²) < 4.78 is 0. The molecule has 0 unspecified atom stereocenters. The van der Waals surface area contributed by atoms with E-state index in [2.05, 4.69) is 9.97 Å². The van der Waals surface area contributed by atoms with E-state index in [9.17, 15) is 15.3 Å². The van der Waals surface area contributed by atoms with Crippen LogP contribution in [-0.2, 0) is 0 Å². The lowest BCUT2D eigenvalue weighted by molar-refractivity contribution is 0.266. The molecule has 5 N–H and O–H groups in total. The Morgan fingerprint density at radius 1 is 1.00 bits per heavy atom. The summed E-state index contributed by atoms with van der Waals surface area (Å²) in [5.41, 5.74) is 8.79. The molecule has 1 saturated heterocycles. The molecule has 0 spiro atoms. The Bertz CT molecular complexity index is 991. The molecule has 0 bridgehead atoms. The van der Waals surface area contributed by atoms with E-state index in [1.807, 2.05) is 11.0 Å². The van der Waals surface area contributed by atoms with Crippen LogP contribution in [0.15, 0.2) is 48.5 Å². The fraction of sp³-hybridized carbons (Fsp3) is 0.238. The summed E-state index contributed by atoms with van der Waals surface area (Å²) in [6.45, 7) is 0.849. The van der Waals surface area contributed by atoms with E-state index in [4.69, 9.17) is 5.73 Å². The number of aliphatic hydroxyl groups is 1. The number of phenols is 2. The van der Waals surface area contributed by atoms with Crippen LogP contribution in [0.4, 0.5) is 11.8 Å². The number of rotatable bonds is 4. The third-order valence-electron chi connectivity index (χ3n) is 5.09. The van der Waals surface area contributed by atoms with Gasteiger partial charge in [-0.3, -0.25) is 0 Å². The smallest absolute Gasteiger partial charge is 0.222 e. The highest BCUT2D eigenvalue weighted by Crippen LogP contribution is 2.35. The lowest BCUT2D eigenvalue weighted by Gasteiger charge is -2.24. The van der Waals surface area contributed by atoms with Crippen LogP contribution in [0, 0.1) is 0 Å². The average Bonchev–Trinajstić information content (AvgIpc) is 3.17. The molecule has 1 aliphatic rings. The van der Waals surface area contributed by atoms with Crippen LogP contribution in [0.25, 0.3) is 22.4 Å². The summed E-state index contributed by atoms with van der Waals surface area (Å²) in [4.78, 5) is 10.7. The fourth-order valence-electron chi connectivity index (χ4n) is 3.64. The number of hydrogen-bond donors (Lipinski definition) is 4. The standard InChI is InChI=1S/C21H22N4O3/c22-21-23-18(11-20(24-21)25-9-1-2-15(25)12-26)17-10-14(5-8-19(17)28)13-3-6-16(27)7-4-13/h3-8,10-11,15,26-28H,1-2,9,12H2,(H2,22,23,24)/t15-/m1/s1. The molecule has 2 heterocycles. The molecule has 7 heteroatoms. The second-order valence-corrected chi connectivity index (χ2v) is 6.92. The zero-order chi connectivity index (χ0) is 19.7. The highest BCUT2D eigenvalue weighted by Gasteiger charge is 2.26. The van der Waals surface area contributed by atoms with Crippen molar-refractivity contribution in [2.45, 2.75) is 18.9 Å². The van der Waals surface area contributed by atoms with E-state index in [0.717, 1.165) is 30.5 Å². The van der Waals surface area contributed by atoms with Crippen LogP contribution in [0.5, 0.6) is 11.5 Å². The molecule has 4 rings (SSSR count). The number of nitrogen functional groups attached to an aromatic ring is 1. The Kier molecular flexibility index (Phi) is 4.75. The minimum Gasteiger partial charge on any atom is -0.508 e. The number of hydrogen-bond acceptors (Lipinski definition) is 7. The van der Waals surface area contributed by atoms with Crippen molar-refractivity contribution in [2.75, 3.05) is 23.8 Å². The molecule has 1 aliphatic heterocycles. The number of benzene rings is 2. The Hall–Kier alpha value is -3.32. The first kappa shape index (κ1) is 18.1. The monoisotopic (exact) mass is 378 g/mol. The zero-order valence-corrected chi connectivity index (χ0v) is 15.3. The van der Waals surface area contributed by atoms with Gasteiger partial charge >= 0.3 is 0 Å². The Morgan fingerprint density at radius 3 is 2.50 bits per heavy atom. The van der Waals surface area contributed by atoms with Gasteiger partial charge in [0.2, 0.25) is 5.95 Å². The second kappa shape index (κ2) is 7.36. The minimum atomic E-state index is 0.0130. The zero-order valence-electron chi connectivity index (χ0n) is 15.3. The molecule has 0 amide bonds. The molecular weight excluding hydrogens is 356 g/mol. The van der Waals surface area contributed by atoms with E-state index in [0.29, 0.717) is 17.1 Å². The Labute approximate surface area is 162 Å². The summed E-state index contributed by atoms with van der Waals surface area (Å²) >= 11 is 0. The Morgan fingerprint density at radius 2 is 1.75 bits per heavy atom. The molecule has 1 aromatic heterocycles. The summed E-state index contributed by atoms with van der Waals surface area (Å²) in [6, 6.07) is 13.9. The molecule has 3 aromatic rings. The molecule has 28 heavy (non-hydrogen) atoms. The van der Waals surface area contributed by atoms with Crippen molar-refractivity contribution in [3.05, 3.63) is 48.5 Å². The maximum atomic E-state index is 10.4. The lowest BCUT2D eigenvalue weighted by Crippen LogP contribution is -2.33. The van der Waals surface area contributed by atoms with Gasteiger partial charge in [0.25, 0.3) is 0 Å². The van der Waals surface area contributed by atoms with E-state index in [1.165, 1.54) is 0 Å². The third-order valence-corrected chi connectivity index (χ3v) is 5.09. The van der Waals surface area contributed by atoms with Crippen molar-refractivity contribution in [3.8, 4) is 33.9 Å². The molecule has 0 aliphatic carbocycles. The fourth-order valence-corrected chi connectivity index (χ4v) is 3.64. The first-order valence-electron chi connectivity index (χ1n) is 9.20. The van der Waals surface area contributed by atoms with Gasteiger partial charge in [-0.2, -0.15) is 4.98 Å². The van der Waals surface area contributed by atoms with Crippen molar-refractivity contribution in [1.82, 2.24) is 9.97 Å². The van der Waals surface area contributed by atoms with Crippen molar-refractivity contribution in [2.24, 2.45) is 0 Å². The van der Waals surface area contributed by atoms with Gasteiger partial charge in [-0.15, -0.1) is 0 Å². The van der Waals surface area contributed by atoms with Crippen LogP contribution in [0.3, 0.4) is 0 Å². The first-order chi connectivity index (χ1) is 13.5. The molecule has 1 fully saturated rings. The molecule has 1 atom stereocenters. The van der Waals surface area contributed by atoms with Crippen molar-refractivity contribution >= 4 is 11.8 Å². The summed E-state index contributed by atoms with van der Waals surface area (Å²) in [6.07, 6.45) is 1.88. The topological polar surface area (TPSA) is 116 Å². The summed E-state index contributed by atoms with van der Waals surface area (Å²) in [7, 11) is 0. The van der Waals surface area contributed by atoms with Gasteiger partial charge in [-0.25, -0.2) is 4.98 Å². The van der Waals surface area contributed by atoms with E-state index < -0.39 is 0 Å². The molecule has 0 saturated carbocycles. The number of anilines is 2. The number of phenolic OH excluding ortho intramolecular Hbond substituents is 2. The number of nitrogens with two attached hydrogens (primary N) is 1. The largest absolute Gasteiger partial charge is 0.508 e. The normalized spacial score (nSPS) is 16.5. The molecular formula is C21H22N4O3. The van der Waals surface area contributed by atoms with Crippen molar-refractivity contribution < 1.29 is 15.3 Å². The SMILES string of the molecule is Nc1nc(-c2cc(-c3ccc(O)cc3)ccc2O)cc(N2CCC[C@@H]2CO)n1. The number of aromatic nitrogens is 2. The van der Waals surface area contributed by atoms with Gasteiger partial charge in [-0.1, -0.05) is 18.2 Å². The highest BCUT2D eigenvalue weighted by molar-refractivity contribution is 5.77. The molecule has 144 valence electrons. The van der Waals surface area contributed by atoms with Gasteiger partial charge in [0.15, 0.2) is 0 Å². The number of aliphatic hydroxyl groups excluding tert-OH is 1. The number of nitrogens with zero attached hydrogens (tertiary/aromatic N) is 3. The maximum absolute atomic E-state index is 10.4. The minimum absolute atomic E-state index is 0.0130. The number of aromatic hydroxyl groups is 2. The van der Waals surface area contributed by atoms with Crippen molar-refractivity contribution in [3.63, 3.8) is 0 Å². The van der Waals surface area contributed by atoms with Gasteiger partial charge in [0, 0.05) is 18.2 Å². The van der Waals surface area contributed by atoms with Crippen LogP contribution in [0.2, 0.25) is 0 Å². The maximum Gasteiger partial charge on any atom is 0.222 e. The average molecular weight is 378 g/mol. The van der Waals surface area contributed by atoms with Crippen LogP contribution in [0.1, 0.15) is 12.8 Å². The van der Waals surface area contributed by atoms with Crippen molar-refractivity contribution in [1.29, 1.82) is 0 Å². The van der Waals surface area contributed by atoms with Crippen LogP contribution >= 0.6 is 0 Å². The predicted octanol–water partition coefficient (Wildman–Crippen LogP) is 2.77. The van der Waals surface area contributed by atoms with Gasteiger partial charge in [0.05, 0.1) is 18.3 Å². The quantitative estimate of drug-likeness (QED) is 0.552. The third kappa shape index (κ3) is 3.44.